The van der Waals surface area contributed by atoms with Gasteiger partial charge in [0.15, 0.2) is 0 Å². The van der Waals surface area contributed by atoms with Crippen molar-refractivity contribution in [3.05, 3.63) is 15.0 Å². The third kappa shape index (κ3) is 1.82. The first kappa shape index (κ1) is 9.68. The van der Waals surface area contributed by atoms with Gasteiger partial charge in [-0.15, -0.1) is 0 Å². The van der Waals surface area contributed by atoms with Gasteiger partial charge in [0.05, 0.1) is 12.6 Å². The normalized spacial score (nSPS) is 21.6. The van der Waals surface area contributed by atoms with Crippen molar-refractivity contribution in [3.8, 4) is 0 Å². The Kier molecular flexibility index (Phi) is 2.76. The Hall–Kier alpha value is 0.130. The van der Waals surface area contributed by atoms with Crippen LogP contribution in [0.4, 0.5) is 0 Å². The molecule has 1 atom stereocenters. The van der Waals surface area contributed by atoms with Gasteiger partial charge >= 0.3 is 0 Å². The molecule has 0 saturated carbocycles. The summed E-state index contributed by atoms with van der Waals surface area (Å²) in [4.78, 5) is 4.30. The van der Waals surface area contributed by atoms with E-state index in [1.54, 1.807) is 0 Å². The smallest absolute Gasteiger partial charge is 0.139 e. The molecule has 0 aromatic carbocycles. The second-order valence-corrected chi connectivity index (χ2v) is 4.63. The lowest BCUT2D eigenvalue weighted by atomic mass is 10.2. The maximum Gasteiger partial charge on any atom is 0.139 e. The van der Waals surface area contributed by atoms with Gasteiger partial charge in [0.2, 0.25) is 0 Å². The second-order valence-electron chi connectivity index (χ2n) is 3.13. The van der Waals surface area contributed by atoms with Crippen molar-refractivity contribution < 1.29 is 4.74 Å². The van der Waals surface area contributed by atoms with Crippen molar-refractivity contribution in [1.29, 1.82) is 0 Å². The Labute approximate surface area is 93.7 Å². The predicted octanol–water partition coefficient (Wildman–Crippen LogP) is 2.51. The van der Waals surface area contributed by atoms with Crippen LogP contribution in [0.3, 0.4) is 0 Å². The van der Waals surface area contributed by atoms with Crippen LogP contribution in [0.25, 0.3) is 0 Å². The molecule has 0 bridgehead atoms. The van der Waals surface area contributed by atoms with Crippen molar-refractivity contribution in [2.75, 3.05) is 6.61 Å². The van der Waals surface area contributed by atoms with E-state index >= 15 is 0 Å². The first-order valence-electron chi connectivity index (χ1n) is 4.18. The quantitative estimate of drug-likeness (QED) is 0.839. The van der Waals surface area contributed by atoms with Crippen LogP contribution in [0.15, 0.2) is 9.21 Å². The van der Waals surface area contributed by atoms with Crippen LogP contribution in [-0.2, 0) is 11.3 Å². The van der Waals surface area contributed by atoms with Crippen molar-refractivity contribution in [2.24, 2.45) is 0 Å². The molecule has 1 saturated heterocycles. The lowest BCUT2D eigenvalue weighted by molar-refractivity contribution is -0.0597. The zero-order chi connectivity index (χ0) is 9.42. The fourth-order valence-electron chi connectivity index (χ4n) is 1.35. The molecule has 3 nitrogen and oxygen atoms in total. The number of hydrogen-bond donors (Lipinski definition) is 0. The molecular formula is C8H10Br2N2O. The van der Waals surface area contributed by atoms with Gasteiger partial charge in [0.25, 0.3) is 0 Å². The molecule has 0 amide bonds. The summed E-state index contributed by atoms with van der Waals surface area (Å²) < 4.78 is 9.35. The van der Waals surface area contributed by atoms with Crippen molar-refractivity contribution in [3.63, 3.8) is 0 Å². The maximum absolute atomic E-state index is 5.37. The van der Waals surface area contributed by atoms with Crippen molar-refractivity contribution in [2.45, 2.75) is 26.0 Å². The van der Waals surface area contributed by atoms with E-state index in [1.807, 2.05) is 6.92 Å². The van der Waals surface area contributed by atoms with Crippen LogP contribution in [0.1, 0.15) is 12.2 Å². The van der Waals surface area contributed by atoms with E-state index in [4.69, 9.17) is 4.74 Å². The third-order valence-electron chi connectivity index (χ3n) is 2.24. The molecule has 1 aliphatic rings. The molecule has 1 fully saturated rings. The van der Waals surface area contributed by atoms with E-state index in [-0.39, 0.29) is 0 Å². The summed E-state index contributed by atoms with van der Waals surface area (Å²) in [6.45, 7) is 3.79. The number of nitrogens with zero attached hydrogens (tertiary/aromatic N) is 2. The molecule has 2 rings (SSSR count). The second kappa shape index (κ2) is 3.71. The van der Waals surface area contributed by atoms with Gasteiger partial charge in [-0.2, -0.15) is 0 Å². The van der Waals surface area contributed by atoms with Gasteiger partial charge in [0.1, 0.15) is 15.0 Å². The fraction of sp³-hybridized carbons (Fsp3) is 0.625. The van der Waals surface area contributed by atoms with Crippen LogP contribution in [0.5, 0.6) is 0 Å². The van der Waals surface area contributed by atoms with E-state index in [1.165, 1.54) is 0 Å². The number of hydrogen-bond acceptors (Lipinski definition) is 2. The SMILES string of the molecule is Cc1nc(Br)c(Br)n1C[C@@H]1CCO1. The van der Waals surface area contributed by atoms with Gasteiger partial charge in [0, 0.05) is 6.61 Å². The Morgan fingerprint density at radius 2 is 2.31 bits per heavy atom. The number of aryl methyl sites for hydroxylation is 1. The van der Waals surface area contributed by atoms with Crippen molar-refractivity contribution >= 4 is 31.9 Å². The minimum Gasteiger partial charge on any atom is -0.376 e. The summed E-state index contributed by atoms with van der Waals surface area (Å²) in [5.74, 6) is 1.01. The topological polar surface area (TPSA) is 27.1 Å². The molecular weight excluding hydrogens is 300 g/mol. The molecule has 0 spiro atoms. The minimum atomic E-state index is 0.371. The van der Waals surface area contributed by atoms with E-state index in [0.29, 0.717) is 6.10 Å². The van der Waals surface area contributed by atoms with Gasteiger partial charge in [-0.3, -0.25) is 0 Å². The zero-order valence-corrected chi connectivity index (χ0v) is 10.4. The van der Waals surface area contributed by atoms with E-state index in [2.05, 4.69) is 41.4 Å². The lowest BCUT2D eigenvalue weighted by Gasteiger charge is -2.27. The third-order valence-corrected chi connectivity index (χ3v) is 4.13. The summed E-state index contributed by atoms with van der Waals surface area (Å²) in [7, 11) is 0. The van der Waals surface area contributed by atoms with Crippen LogP contribution >= 0.6 is 31.9 Å². The van der Waals surface area contributed by atoms with E-state index in [9.17, 15) is 0 Å². The largest absolute Gasteiger partial charge is 0.376 e. The molecule has 0 radical (unpaired) electrons. The molecule has 1 aromatic rings. The number of rotatable bonds is 2. The van der Waals surface area contributed by atoms with Gasteiger partial charge in [-0.25, -0.2) is 4.98 Å². The molecule has 1 aromatic heterocycles. The molecule has 5 heteroatoms. The lowest BCUT2D eigenvalue weighted by Crippen LogP contribution is -2.31. The van der Waals surface area contributed by atoms with E-state index in [0.717, 1.165) is 34.6 Å². The van der Waals surface area contributed by atoms with Crippen LogP contribution in [0.2, 0.25) is 0 Å². The summed E-state index contributed by atoms with van der Waals surface area (Å²) >= 11 is 6.86. The Bertz CT molecular complexity index is 320. The number of ether oxygens (including phenoxy) is 1. The highest BCUT2D eigenvalue weighted by atomic mass is 79.9. The number of aromatic nitrogens is 2. The maximum atomic E-state index is 5.37. The average molecular weight is 310 g/mol. The highest BCUT2D eigenvalue weighted by molar-refractivity contribution is 9.13. The van der Waals surface area contributed by atoms with Crippen LogP contribution < -0.4 is 0 Å². The van der Waals surface area contributed by atoms with E-state index < -0.39 is 0 Å². The Morgan fingerprint density at radius 3 is 2.69 bits per heavy atom. The first-order valence-corrected chi connectivity index (χ1v) is 5.77. The molecule has 0 unspecified atom stereocenters. The Morgan fingerprint density at radius 1 is 1.62 bits per heavy atom. The van der Waals surface area contributed by atoms with Crippen LogP contribution in [0, 0.1) is 6.92 Å². The molecule has 72 valence electrons. The standard InChI is InChI=1S/C8H10Br2N2O/c1-5-11-7(9)8(10)12(5)4-6-2-3-13-6/h6H,2-4H2,1H3/t6-/m0/s1. The summed E-state index contributed by atoms with van der Waals surface area (Å²) in [5.41, 5.74) is 0. The number of imidazole rings is 1. The average Bonchev–Trinajstić information content (AvgIpc) is 2.21. The minimum absolute atomic E-state index is 0.371. The zero-order valence-electron chi connectivity index (χ0n) is 7.26. The van der Waals surface area contributed by atoms with Crippen LogP contribution in [-0.4, -0.2) is 22.3 Å². The number of halogens is 2. The van der Waals surface area contributed by atoms with Gasteiger partial charge in [-0.05, 0) is 45.2 Å². The Balaban J connectivity index is 2.17. The molecule has 1 aliphatic heterocycles. The molecule has 0 aliphatic carbocycles. The highest BCUT2D eigenvalue weighted by Crippen LogP contribution is 2.25. The van der Waals surface area contributed by atoms with Crippen molar-refractivity contribution in [1.82, 2.24) is 9.55 Å². The summed E-state index contributed by atoms with van der Waals surface area (Å²) in [6, 6.07) is 0. The highest BCUT2D eigenvalue weighted by Gasteiger charge is 2.21. The predicted molar refractivity (Wildman–Crippen MR) is 56.7 cm³/mol. The van der Waals surface area contributed by atoms with Gasteiger partial charge < -0.3 is 9.30 Å². The fourth-order valence-corrected chi connectivity index (χ4v) is 2.31. The monoisotopic (exact) mass is 308 g/mol. The molecule has 13 heavy (non-hydrogen) atoms. The first-order chi connectivity index (χ1) is 6.18. The molecule has 2 heterocycles. The van der Waals surface area contributed by atoms with Gasteiger partial charge in [-0.1, -0.05) is 0 Å². The summed E-state index contributed by atoms with van der Waals surface area (Å²) in [5, 5.41) is 0. The summed E-state index contributed by atoms with van der Waals surface area (Å²) in [6.07, 6.45) is 1.53. The molecule has 0 N–H and O–H groups in total.